The van der Waals surface area contributed by atoms with E-state index in [0.717, 1.165) is 0 Å². The molecule has 2 heteroatoms. The second-order valence-corrected chi connectivity index (χ2v) is 1.36. The van der Waals surface area contributed by atoms with Crippen LogP contribution in [-0.4, -0.2) is 16.7 Å². The van der Waals surface area contributed by atoms with Gasteiger partial charge in [-0.25, -0.2) is 0 Å². The van der Waals surface area contributed by atoms with E-state index < -0.39 is 0 Å². The lowest BCUT2D eigenvalue weighted by Gasteiger charge is -1.60. The van der Waals surface area contributed by atoms with Crippen LogP contribution in [0.2, 0.25) is 0 Å². The fourth-order valence-corrected chi connectivity index (χ4v) is 0.278. The lowest BCUT2D eigenvalue weighted by molar-refractivity contribution is 0.343. The number of aromatic nitrogens is 1. The molecule has 1 rings (SSSR count). The van der Waals surface area contributed by atoms with Crippen LogP contribution in [0.5, 0.6) is 0 Å². The van der Waals surface area contributed by atoms with Crippen LogP contribution < -0.4 is 0 Å². The van der Waals surface area contributed by atoms with Gasteiger partial charge in [0.15, 0.2) is 0 Å². The number of hydrogen-bond acceptors (Lipinski definition) is 1. The fraction of sp³-hybridized carbons (Fsp3) is 0.143. The molecule has 0 amide bonds. The highest BCUT2D eigenvalue weighted by molar-refractivity contribution is 4.84. The molecule has 0 atom stereocenters. The van der Waals surface area contributed by atoms with Crippen LogP contribution in [0, 0.1) is 0 Å². The van der Waals surface area contributed by atoms with E-state index in [4.69, 9.17) is 5.11 Å². The van der Waals surface area contributed by atoms with Crippen LogP contribution in [0.25, 0.3) is 0 Å². The van der Waals surface area contributed by atoms with E-state index in [1.807, 2.05) is 24.5 Å². The van der Waals surface area contributed by atoms with Gasteiger partial charge in [-0.1, -0.05) is 6.08 Å². The maximum absolute atomic E-state index is 7.76. The van der Waals surface area contributed by atoms with Crippen molar-refractivity contribution in [2.45, 2.75) is 0 Å². The third kappa shape index (κ3) is 6.98. The van der Waals surface area contributed by atoms with Crippen molar-refractivity contribution in [3.8, 4) is 0 Å². The molecule has 2 nitrogen and oxygen atoms in total. The first-order valence-electron chi connectivity index (χ1n) is 2.71. The van der Waals surface area contributed by atoms with Crippen molar-refractivity contribution < 1.29 is 5.11 Å². The molecule has 0 aliphatic rings. The number of aromatic amines is 1. The summed E-state index contributed by atoms with van der Waals surface area (Å²) in [7, 11) is 0. The topological polar surface area (TPSA) is 36.0 Å². The summed E-state index contributed by atoms with van der Waals surface area (Å²) >= 11 is 0. The van der Waals surface area contributed by atoms with Gasteiger partial charge in [-0.2, -0.15) is 0 Å². The van der Waals surface area contributed by atoms with Crippen LogP contribution in [0.15, 0.2) is 37.2 Å². The van der Waals surface area contributed by atoms with Gasteiger partial charge >= 0.3 is 0 Å². The Morgan fingerprint density at radius 2 is 1.89 bits per heavy atom. The third-order valence-corrected chi connectivity index (χ3v) is 0.625. The molecule has 0 saturated carbocycles. The zero-order chi connectivity index (χ0) is 6.95. The highest BCUT2D eigenvalue weighted by Crippen LogP contribution is 1.72. The van der Waals surface area contributed by atoms with Gasteiger partial charge in [0, 0.05) is 12.4 Å². The van der Waals surface area contributed by atoms with Crippen molar-refractivity contribution in [1.82, 2.24) is 4.98 Å². The molecule has 1 aromatic heterocycles. The Bertz CT molecular complexity index is 106. The number of aliphatic hydroxyl groups is 1. The molecule has 0 bridgehead atoms. The van der Waals surface area contributed by atoms with Gasteiger partial charge in [0.2, 0.25) is 0 Å². The predicted molar refractivity (Wildman–Crippen MR) is 38.1 cm³/mol. The van der Waals surface area contributed by atoms with Gasteiger partial charge in [0.1, 0.15) is 0 Å². The summed E-state index contributed by atoms with van der Waals surface area (Å²) in [5.41, 5.74) is 0. The van der Waals surface area contributed by atoms with E-state index in [-0.39, 0.29) is 6.61 Å². The van der Waals surface area contributed by atoms with E-state index in [9.17, 15) is 0 Å². The van der Waals surface area contributed by atoms with Crippen LogP contribution >= 0.6 is 0 Å². The molecular weight excluding hydrogens is 114 g/mol. The summed E-state index contributed by atoms with van der Waals surface area (Å²) in [4.78, 5) is 2.86. The maximum Gasteiger partial charge on any atom is 0.0609 e. The van der Waals surface area contributed by atoms with Gasteiger partial charge in [0.05, 0.1) is 6.61 Å². The Morgan fingerprint density at radius 1 is 1.44 bits per heavy atom. The van der Waals surface area contributed by atoms with Gasteiger partial charge in [-0.05, 0) is 12.1 Å². The number of nitrogens with one attached hydrogen (secondary N) is 1. The summed E-state index contributed by atoms with van der Waals surface area (Å²) in [6, 6.07) is 3.89. The molecule has 9 heavy (non-hydrogen) atoms. The smallest absolute Gasteiger partial charge is 0.0609 e. The van der Waals surface area contributed by atoms with Gasteiger partial charge in [0.25, 0.3) is 0 Å². The first-order chi connectivity index (χ1) is 4.41. The molecule has 1 heterocycles. The van der Waals surface area contributed by atoms with Crippen LogP contribution in [0.3, 0.4) is 0 Å². The molecule has 1 aromatic rings. The maximum atomic E-state index is 7.76. The highest BCUT2D eigenvalue weighted by atomic mass is 16.2. The molecule has 0 radical (unpaired) electrons. The highest BCUT2D eigenvalue weighted by Gasteiger charge is 1.55. The molecule has 0 saturated heterocycles. The van der Waals surface area contributed by atoms with Crippen molar-refractivity contribution in [3.05, 3.63) is 37.2 Å². The van der Waals surface area contributed by atoms with E-state index in [1.165, 1.54) is 6.08 Å². The first kappa shape index (κ1) is 7.98. The van der Waals surface area contributed by atoms with Crippen molar-refractivity contribution in [3.63, 3.8) is 0 Å². The summed E-state index contributed by atoms with van der Waals surface area (Å²) < 4.78 is 0. The average molecular weight is 125 g/mol. The van der Waals surface area contributed by atoms with Gasteiger partial charge in [-0.15, -0.1) is 6.58 Å². The zero-order valence-electron chi connectivity index (χ0n) is 5.25. The summed E-state index contributed by atoms with van der Waals surface area (Å²) in [5, 5.41) is 7.76. The van der Waals surface area contributed by atoms with Crippen LogP contribution in [0.1, 0.15) is 0 Å². The van der Waals surface area contributed by atoms with E-state index in [0.29, 0.717) is 0 Å². The minimum atomic E-state index is 0.0833. The molecule has 0 aliphatic heterocycles. The van der Waals surface area contributed by atoms with Gasteiger partial charge < -0.3 is 10.1 Å². The SMILES string of the molecule is C=CCO.c1cc[nH]c1. The minimum absolute atomic E-state index is 0.0833. The lowest BCUT2D eigenvalue weighted by Crippen LogP contribution is -1.62. The third-order valence-electron chi connectivity index (χ3n) is 0.625. The molecule has 0 aliphatic carbocycles. The average Bonchev–Trinajstić information content (AvgIpc) is 2.43. The van der Waals surface area contributed by atoms with Crippen LogP contribution in [0.4, 0.5) is 0 Å². The Labute approximate surface area is 54.8 Å². The number of hydrogen-bond donors (Lipinski definition) is 2. The monoisotopic (exact) mass is 125 g/mol. The Morgan fingerprint density at radius 3 is 2.00 bits per heavy atom. The van der Waals surface area contributed by atoms with E-state index in [2.05, 4.69) is 11.6 Å². The van der Waals surface area contributed by atoms with Crippen LogP contribution in [-0.2, 0) is 0 Å². The molecule has 2 N–H and O–H groups in total. The Kier molecular flexibility index (Phi) is 6.19. The molecule has 50 valence electrons. The Balaban J connectivity index is 0.000000148. The van der Waals surface area contributed by atoms with E-state index >= 15 is 0 Å². The zero-order valence-corrected chi connectivity index (χ0v) is 5.25. The molecule has 0 unspecified atom stereocenters. The Hall–Kier alpha value is -1.02. The summed E-state index contributed by atoms with van der Waals surface area (Å²) in [6.45, 7) is 3.31. The number of aliphatic hydroxyl groups excluding tert-OH is 1. The molecular formula is C7H11NO. The second kappa shape index (κ2) is 6.98. The molecule has 0 aromatic carbocycles. The number of rotatable bonds is 1. The first-order valence-corrected chi connectivity index (χ1v) is 2.71. The summed E-state index contributed by atoms with van der Waals surface area (Å²) in [5.74, 6) is 0. The second-order valence-electron chi connectivity index (χ2n) is 1.36. The normalized spacial score (nSPS) is 7.22. The lowest BCUT2D eigenvalue weighted by atomic mass is 10.7. The fourth-order valence-electron chi connectivity index (χ4n) is 0.278. The summed E-state index contributed by atoms with van der Waals surface area (Å²) in [6.07, 6.45) is 5.18. The van der Waals surface area contributed by atoms with Crippen molar-refractivity contribution >= 4 is 0 Å². The largest absolute Gasteiger partial charge is 0.392 e. The molecule has 0 spiro atoms. The van der Waals surface area contributed by atoms with Crippen molar-refractivity contribution in [2.24, 2.45) is 0 Å². The van der Waals surface area contributed by atoms with Crippen molar-refractivity contribution in [1.29, 1.82) is 0 Å². The minimum Gasteiger partial charge on any atom is -0.392 e. The standard InChI is InChI=1S/C4H5N.C3H6O/c1-2-4-5-3-1;1-2-3-4/h1-5H;2,4H,1,3H2. The van der Waals surface area contributed by atoms with E-state index in [1.54, 1.807) is 0 Å². The van der Waals surface area contributed by atoms with Crippen molar-refractivity contribution in [2.75, 3.05) is 6.61 Å². The predicted octanol–water partition coefficient (Wildman–Crippen LogP) is 1.18. The number of H-pyrrole nitrogens is 1. The quantitative estimate of drug-likeness (QED) is 0.543. The molecule has 0 fully saturated rings. The van der Waals surface area contributed by atoms with Gasteiger partial charge in [-0.3, -0.25) is 0 Å².